The number of rotatable bonds is 3. The number of ketones is 1. The van der Waals surface area contributed by atoms with Crippen LogP contribution in [0.15, 0.2) is 33.2 Å². The average molecular weight is 321 g/mol. The maximum absolute atomic E-state index is 12.0. The van der Waals surface area contributed by atoms with Gasteiger partial charge in [-0.1, -0.05) is 29.8 Å². The van der Waals surface area contributed by atoms with Gasteiger partial charge in [-0.2, -0.15) is 0 Å². The van der Waals surface area contributed by atoms with Crippen LogP contribution in [0.1, 0.15) is 44.8 Å². The van der Waals surface area contributed by atoms with E-state index in [9.17, 15) is 4.79 Å². The number of hydrogen-bond acceptors (Lipinski definition) is 2. The summed E-state index contributed by atoms with van der Waals surface area (Å²) in [5.74, 6) is 1.61. The molecule has 1 aliphatic rings. The molecule has 0 radical (unpaired) electrons. The van der Waals surface area contributed by atoms with E-state index in [4.69, 9.17) is 4.42 Å². The van der Waals surface area contributed by atoms with Gasteiger partial charge >= 0.3 is 0 Å². The molecular formula is C16H17BrO2. The lowest BCUT2D eigenvalue weighted by Gasteiger charge is -2.46. The number of carbonyl (C=O) groups is 1. The molecule has 3 heteroatoms. The molecule has 1 fully saturated rings. The quantitative estimate of drug-likeness (QED) is 0.791. The largest absolute Gasteiger partial charge is 0.461 e. The maximum Gasteiger partial charge on any atom is 0.140 e. The summed E-state index contributed by atoms with van der Waals surface area (Å²) in [6, 6.07) is 8.11. The molecule has 1 unspecified atom stereocenters. The zero-order valence-electron chi connectivity index (χ0n) is 11.2. The van der Waals surface area contributed by atoms with Crippen molar-refractivity contribution in [3.63, 3.8) is 0 Å². The fourth-order valence-electron chi connectivity index (χ4n) is 3.36. The van der Waals surface area contributed by atoms with E-state index in [-0.39, 0.29) is 11.3 Å². The molecule has 2 nitrogen and oxygen atoms in total. The van der Waals surface area contributed by atoms with Crippen LogP contribution >= 0.6 is 15.9 Å². The van der Waals surface area contributed by atoms with Crippen molar-refractivity contribution in [2.24, 2.45) is 5.41 Å². The van der Waals surface area contributed by atoms with Crippen molar-refractivity contribution in [3.05, 3.63) is 34.5 Å². The van der Waals surface area contributed by atoms with Gasteiger partial charge in [-0.25, -0.2) is 0 Å². The Labute approximate surface area is 121 Å². The minimum atomic E-state index is -0.189. The Balaban J connectivity index is 2.03. The van der Waals surface area contributed by atoms with Crippen LogP contribution in [0, 0.1) is 5.41 Å². The molecule has 19 heavy (non-hydrogen) atoms. The van der Waals surface area contributed by atoms with E-state index in [0.29, 0.717) is 12.2 Å². The monoisotopic (exact) mass is 320 g/mol. The highest BCUT2D eigenvalue weighted by Gasteiger charge is 2.53. The Kier molecular flexibility index (Phi) is 3.05. The first-order valence-corrected chi connectivity index (χ1v) is 7.62. The Bertz CT molecular complexity index is 637. The van der Waals surface area contributed by atoms with Crippen LogP contribution in [0.5, 0.6) is 0 Å². The van der Waals surface area contributed by atoms with Gasteiger partial charge in [0, 0.05) is 27.6 Å². The van der Waals surface area contributed by atoms with E-state index in [0.717, 1.165) is 34.0 Å². The van der Waals surface area contributed by atoms with E-state index in [2.05, 4.69) is 41.9 Å². The van der Waals surface area contributed by atoms with Gasteiger partial charge in [0.1, 0.15) is 17.1 Å². The van der Waals surface area contributed by atoms with E-state index < -0.39 is 0 Å². The van der Waals surface area contributed by atoms with Crippen LogP contribution < -0.4 is 0 Å². The van der Waals surface area contributed by atoms with Crippen LogP contribution in [0.2, 0.25) is 0 Å². The Morgan fingerprint density at radius 1 is 1.32 bits per heavy atom. The molecule has 0 spiro atoms. The van der Waals surface area contributed by atoms with Gasteiger partial charge in [-0.15, -0.1) is 0 Å². The van der Waals surface area contributed by atoms with Crippen molar-refractivity contribution in [2.45, 2.75) is 39.0 Å². The molecule has 3 rings (SSSR count). The summed E-state index contributed by atoms with van der Waals surface area (Å²) in [6.45, 7) is 4.21. The van der Waals surface area contributed by atoms with Crippen molar-refractivity contribution in [1.82, 2.24) is 0 Å². The third-order valence-electron chi connectivity index (χ3n) is 4.71. The molecule has 1 aliphatic carbocycles. The molecule has 1 atom stereocenters. The second-order valence-electron chi connectivity index (χ2n) is 5.37. The fraction of sp³-hybridized carbons (Fsp3) is 0.438. The first kappa shape index (κ1) is 12.9. The predicted molar refractivity (Wildman–Crippen MR) is 79.3 cm³/mol. The minimum absolute atomic E-state index is 0.189. The van der Waals surface area contributed by atoms with Gasteiger partial charge in [-0.3, -0.25) is 4.79 Å². The SMILES string of the molecule is CCC1(CC)C(=O)CC1c1cc2cc(Br)ccc2o1. The van der Waals surface area contributed by atoms with Crippen molar-refractivity contribution < 1.29 is 9.21 Å². The van der Waals surface area contributed by atoms with E-state index in [1.165, 1.54) is 0 Å². The van der Waals surface area contributed by atoms with Crippen LogP contribution in [0.3, 0.4) is 0 Å². The molecule has 1 aromatic carbocycles. The molecular weight excluding hydrogens is 304 g/mol. The smallest absolute Gasteiger partial charge is 0.140 e. The molecule has 1 saturated carbocycles. The topological polar surface area (TPSA) is 30.2 Å². The lowest BCUT2D eigenvalue weighted by Crippen LogP contribution is -2.47. The number of halogens is 1. The highest BCUT2D eigenvalue weighted by molar-refractivity contribution is 9.10. The van der Waals surface area contributed by atoms with Gasteiger partial charge in [0.15, 0.2) is 0 Å². The van der Waals surface area contributed by atoms with E-state index in [1.807, 2.05) is 12.1 Å². The molecule has 1 heterocycles. The van der Waals surface area contributed by atoms with Gasteiger partial charge in [0.2, 0.25) is 0 Å². The number of hydrogen-bond donors (Lipinski definition) is 0. The molecule has 0 bridgehead atoms. The van der Waals surface area contributed by atoms with Crippen molar-refractivity contribution in [1.29, 1.82) is 0 Å². The Morgan fingerprint density at radius 2 is 2.05 bits per heavy atom. The predicted octanol–water partition coefficient (Wildman–Crippen LogP) is 5.06. The van der Waals surface area contributed by atoms with Crippen LogP contribution in [-0.4, -0.2) is 5.78 Å². The Hall–Kier alpha value is -1.09. The fourth-order valence-corrected chi connectivity index (χ4v) is 3.74. The molecule has 2 aromatic rings. The first-order chi connectivity index (χ1) is 9.10. The highest BCUT2D eigenvalue weighted by Crippen LogP contribution is 2.55. The average Bonchev–Trinajstić information content (AvgIpc) is 2.79. The molecule has 0 amide bonds. The summed E-state index contributed by atoms with van der Waals surface area (Å²) in [6.07, 6.45) is 2.42. The van der Waals surface area contributed by atoms with Gasteiger partial charge in [0.05, 0.1) is 0 Å². The Morgan fingerprint density at radius 3 is 2.68 bits per heavy atom. The molecule has 0 saturated heterocycles. The van der Waals surface area contributed by atoms with Crippen molar-refractivity contribution >= 4 is 32.7 Å². The normalized spacial score (nSPS) is 21.6. The second-order valence-corrected chi connectivity index (χ2v) is 6.29. The number of carbonyl (C=O) groups excluding carboxylic acids is 1. The summed E-state index contributed by atoms with van der Waals surface area (Å²) in [4.78, 5) is 12.0. The lowest BCUT2D eigenvalue weighted by atomic mass is 9.55. The summed E-state index contributed by atoms with van der Waals surface area (Å²) < 4.78 is 7.01. The summed E-state index contributed by atoms with van der Waals surface area (Å²) >= 11 is 3.47. The summed E-state index contributed by atoms with van der Waals surface area (Å²) in [5, 5.41) is 1.10. The zero-order valence-corrected chi connectivity index (χ0v) is 12.8. The highest BCUT2D eigenvalue weighted by atomic mass is 79.9. The number of furan rings is 1. The van der Waals surface area contributed by atoms with Gasteiger partial charge in [0.25, 0.3) is 0 Å². The standard InChI is InChI=1S/C16H17BrO2/c1-3-16(4-2)12(9-15(16)18)14-8-10-7-11(17)5-6-13(10)19-14/h5-8,12H,3-4,9H2,1-2H3. The minimum Gasteiger partial charge on any atom is -0.461 e. The maximum atomic E-state index is 12.0. The van der Waals surface area contributed by atoms with E-state index >= 15 is 0 Å². The van der Waals surface area contributed by atoms with Crippen molar-refractivity contribution in [2.75, 3.05) is 0 Å². The number of benzene rings is 1. The third-order valence-corrected chi connectivity index (χ3v) is 5.21. The number of Topliss-reactive ketones (excluding diaryl/α,β-unsaturated/α-hetero) is 1. The molecule has 0 N–H and O–H groups in total. The summed E-state index contributed by atoms with van der Waals surface area (Å²) in [5.41, 5.74) is 0.712. The lowest BCUT2D eigenvalue weighted by molar-refractivity contribution is -0.142. The van der Waals surface area contributed by atoms with E-state index in [1.54, 1.807) is 0 Å². The first-order valence-electron chi connectivity index (χ1n) is 6.83. The summed E-state index contributed by atoms with van der Waals surface area (Å²) in [7, 11) is 0. The molecule has 1 aromatic heterocycles. The van der Waals surface area contributed by atoms with Crippen molar-refractivity contribution in [3.8, 4) is 0 Å². The van der Waals surface area contributed by atoms with Gasteiger partial charge in [-0.05, 0) is 37.1 Å². The van der Waals surface area contributed by atoms with Crippen LogP contribution in [0.4, 0.5) is 0 Å². The number of fused-ring (bicyclic) bond motifs is 1. The zero-order chi connectivity index (χ0) is 13.6. The molecule has 0 aliphatic heterocycles. The van der Waals surface area contributed by atoms with Gasteiger partial charge < -0.3 is 4.42 Å². The second kappa shape index (κ2) is 4.48. The molecule has 100 valence electrons. The third kappa shape index (κ3) is 1.78. The van der Waals surface area contributed by atoms with Crippen LogP contribution in [-0.2, 0) is 4.79 Å². The van der Waals surface area contributed by atoms with Crippen LogP contribution in [0.25, 0.3) is 11.0 Å².